The van der Waals surface area contributed by atoms with Crippen LogP contribution in [0.25, 0.3) is 0 Å². The van der Waals surface area contributed by atoms with Gasteiger partial charge in [-0.1, -0.05) is 6.92 Å². The van der Waals surface area contributed by atoms with E-state index in [1.165, 1.54) is 58.4 Å². The fraction of sp³-hybridized carbons (Fsp3) is 1.00. The van der Waals surface area contributed by atoms with Gasteiger partial charge >= 0.3 is 0 Å². The van der Waals surface area contributed by atoms with Gasteiger partial charge < -0.3 is 5.32 Å². The molecule has 3 heteroatoms. The summed E-state index contributed by atoms with van der Waals surface area (Å²) in [5.74, 6) is 0. The molecule has 0 aliphatic carbocycles. The van der Waals surface area contributed by atoms with E-state index in [0.717, 1.165) is 12.1 Å². The minimum atomic E-state index is 0.711. The van der Waals surface area contributed by atoms with E-state index in [9.17, 15) is 0 Å². The third-order valence-electron chi connectivity index (χ3n) is 4.57. The molecular weight excluding hydrogens is 222 g/mol. The average Bonchev–Trinajstić information content (AvgIpc) is 2.99. The number of hydrogen-bond acceptors (Lipinski definition) is 3. The van der Waals surface area contributed by atoms with Crippen LogP contribution in [0.3, 0.4) is 0 Å². The summed E-state index contributed by atoms with van der Waals surface area (Å²) < 4.78 is 0. The Bertz CT molecular complexity index is 236. The molecule has 3 nitrogen and oxygen atoms in total. The summed E-state index contributed by atoms with van der Waals surface area (Å²) in [6.07, 6.45) is 5.39. The van der Waals surface area contributed by atoms with Crippen LogP contribution in [0.4, 0.5) is 0 Å². The zero-order chi connectivity index (χ0) is 13.0. The minimum absolute atomic E-state index is 0.711. The first-order chi connectivity index (χ1) is 8.70. The van der Waals surface area contributed by atoms with Crippen molar-refractivity contribution >= 4 is 0 Å². The Hall–Kier alpha value is -0.120. The molecule has 0 aromatic heterocycles. The van der Waals surface area contributed by atoms with E-state index in [1.54, 1.807) is 0 Å². The molecule has 0 bridgehead atoms. The SMILES string of the molecule is CCCN(CC1CCCN1)C1CCN(C(C)C)C1. The highest BCUT2D eigenvalue weighted by Crippen LogP contribution is 2.19. The maximum Gasteiger partial charge on any atom is 0.0236 e. The van der Waals surface area contributed by atoms with Crippen molar-refractivity contribution in [2.45, 2.75) is 64.6 Å². The van der Waals surface area contributed by atoms with E-state index in [2.05, 4.69) is 35.9 Å². The highest BCUT2D eigenvalue weighted by atomic mass is 15.3. The number of rotatable bonds is 6. The zero-order valence-corrected chi connectivity index (χ0v) is 12.5. The van der Waals surface area contributed by atoms with Gasteiger partial charge in [-0.25, -0.2) is 0 Å². The molecule has 0 amide bonds. The summed E-state index contributed by atoms with van der Waals surface area (Å²) in [6.45, 7) is 13.3. The molecule has 1 N–H and O–H groups in total. The molecule has 0 radical (unpaired) electrons. The Morgan fingerprint density at radius 1 is 1.33 bits per heavy atom. The van der Waals surface area contributed by atoms with Crippen LogP contribution < -0.4 is 5.32 Å². The largest absolute Gasteiger partial charge is 0.313 e. The lowest BCUT2D eigenvalue weighted by atomic mass is 10.1. The summed E-state index contributed by atoms with van der Waals surface area (Å²) in [7, 11) is 0. The van der Waals surface area contributed by atoms with E-state index in [4.69, 9.17) is 0 Å². The van der Waals surface area contributed by atoms with Crippen molar-refractivity contribution in [3.63, 3.8) is 0 Å². The standard InChI is InChI=1S/C15H31N3/c1-4-9-18(11-14-6-5-8-16-14)15-7-10-17(12-15)13(2)3/h13-16H,4-12H2,1-3H3. The minimum Gasteiger partial charge on any atom is -0.313 e. The molecular formula is C15H31N3. The van der Waals surface area contributed by atoms with Gasteiger partial charge in [0.25, 0.3) is 0 Å². The third-order valence-corrected chi connectivity index (χ3v) is 4.57. The first-order valence-corrected chi connectivity index (χ1v) is 7.92. The van der Waals surface area contributed by atoms with Crippen LogP contribution >= 0.6 is 0 Å². The molecule has 18 heavy (non-hydrogen) atoms. The first-order valence-electron chi connectivity index (χ1n) is 7.92. The lowest BCUT2D eigenvalue weighted by Gasteiger charge is -2.31. The number of likely N-dealkylation sites (tertiary alicyclic amines) is 1. The van der Waals surface area contributed by atoms with E-state index in [-0.39, 0.29) is 0 Å². The normalized spacial score (nSPS) is 29.8. The summed E-state index contributed by atoms with van der Waals surface area (Å²) >= 11 is 0. The first kappa shape index (κ1) is 14.3. The predicted molar refractivity (Wildman–Crippen MR) is 78.0 cm³/mol. The monoisotopic (exact) mass is 253 g/mol. The molecule has 0 saturated carbocycles. The topological polar surface area (TPSA) is 18.5 Å². The molecule has 2 heterocycles. The van der Waals surface area contributed by atoms with Crippen molar-refractivity contribution < 1.29 is 0 Å². The fourth-order valence-electron chi connectivity index (χ4n) is 3.44. The van der Waals surface area contributed by atoms with Gasteiger partial charge in [0.15, 0.2) is 0 Å². The maximum atomic E-state index is 3.65. The predicted octanol–water partition coefficient (Wildman–Crippen LogP) is 1.93. The molecule has 2 fully saturated rings. The van der Waals surface area contributed by atoms with E-state index >= 15 is 0 Å². The summed E-state index contributed by atoms with van der Waals surface area (Å²) in [5.41, 5.74) is 0. The zero-order valence-electron chi connectivity index (χ0n) is 12.5. The Balaban J connectivity index is 1.85. The molecule has 2 aliphatic heterocycles. The van der Waals surface area contributed by atoms with Gasteiger partial charge in [0.1, 0.15) is 0 Å². The molecule has 2 rings (SSSR count). The van der Waals surface area contributed by atoms with Gasteiger partial charge in [-0.15, -0.1) is 0 Å². The summed E-state index contributed by atoms with van der Waals surface area (Å²) in [4.78, 5) is 5.39. The quantitative estimate of drug-likeness (QED) is 0.780. The average molecular weight is 253 g/mol. The van der Waals surface area contributed by atoms with Gasteiger partial charge in [0, 0.05) is 37.8 Å². The second-order valence-corrected chi connectivity index (χ2v) is 6.32. The Morgan fingerprint density at radius 3 is 2.72 bits per heavy atom. The molecule has 2 unspecified atom stereocenters. The molecule has 0 aromatic rings. The molecule has 0 aromatic carbocycles. The van der Waals surface area contributed by atoms with Crippen LogP contribution in [0.5, 0.6) is 0 Å². The van der Waals surface area contributed by atoms with Crippen molar-refractivity contribution in [3.8, 4) is 0 Å². The lowest BCUT2D eigenvalue weighted by molar-refractivity contribution is 0.170. The van der Waals surface area contributed by atoms with Crippen LogP contribution in [0.1, 0.15) is 46.5 Å². The van der Waals surface area contributed by atoms with Gasteiger partial charge in [-0.2, -0.15) is 0 Å². The van der Waals surface area contributed by atoms with Crippen molar-refractivity contribution in [1.29, 1.82) is 0 Å². The van der Waals surface area contributed by atoms with Crippen LogP contribution in [-0.2, 0) is 0 Å². The van der Waals surface area contributed by atoms with E-state index in [1.807, 2.05) is 0 Å². The van der Waals surface area contributed by atoms with Crippen molar-refractivity contribution in [2.24, 2.45) is 0 Å². The Kier molecular flexibility index (Phi) is 5.46. The second kappa shape index (κ2) is 6.88. The van der Waals surface area contributed by atoms with Gasteiger partial charge in [-0.3, -0.25) is 9.80 Å². The highest BCUT2D eigenvalue weighted by Gasteiger charge is 2.30. The third kappa shape index (κ3) is 3.69. The molecule has 2 aliphatic rings. The van der Waals surface area contributed by atoms with Crippen LogP contribution in [0, 0.1) is 0 Å². The van der Waals surface area contributed by atoms with E-state index in [0.29, 0.717) is 6.04 Å². The molecule has 2 saturated heterocycles. The fourth-order valence-corrected chi connectivity index (χ4v) is 3.44. The van der Waals surface area contributed by atoms with Crippen LogP contribution in [-0.4, -0.2) is 60.6 Å². The van der Waals surface area contributed by atoms with E-state index < -0.39 is 0 Å². The molecule has 106 valence electrons. The lowest BCUT2D eigenvalue weighted by Crippen LogP contribution is -2.45. The van der Waals surface area contributed by atoms with Crippen molar-refractivity contribution in [1.82, 2.24) is 15.1 Å². The number of hydrogen-bond donors (Lipinski definition) is 1. The summed E-state index contributed by atoms with van der Waals surface area (Å²) in [5, 5.41) is 3.65. The number of nitrogens with one attached hydrogen (secondary N) is 1. The van der Waals surface area contributed by atoms with Gasteiger partial charge in [0.05, 0.1) is 0 Å². The number of nitrogens with zero attached hydrogens (tertiary/aromatic N) is 2. The van der Waals surface area contributed by atoms with Crippen molar-refractivity contribution in [3.05, 3.63) is 0 Å². The Labute approximate surface area is 113 Å². The van der Waals surface area contributed by atoms with Crippen LogP contribution in [0.2, 0.25) is 0 Å². The second-order valence-electron chi connectivity index (χ2n) is 6.32. The maximum absolute atomic E-state index is 3.65. The molecule has 0 spiro atoms. The van der Waals surface area contributed by atoms with Gasteiger partial charge in [0.2, 0.25) is 0 Å². The highest BCUT2D eigenvalue weighted by molar-refractivity contribution is 4.88. The van der Waals surface area contributed by atoms with Crippen molar-refractivity contribution in [2.75, 3.05) is 32.7 Å². The molecule has 2 atom stereocenters. The van der Waals surface area contributed by atoms with Gasteiger partial charge in [-0.05, 0) is 52.6 Å². The Morgan fingerprint density at radius 2 is 2.17 bits per heavy atom. The smallest absolute Gasteiger partial charge is 0.0236 e. The van der Waals surface area contributed by atoms with Crippen LogP contribution in [0.15, 0.2) is 0 Å². The summed E-state index contributed by atoms with van der Waals surface area (Å²) in [6, 6.07) is 2.27.